The average molecular weight is 237 g/mol. The van der Waals surface area contributed by atoms with Gasteiger partial charge in [0, 0.05) is 24.1 Å². The largest absolute Gasteiger partial charge is 0.310 e. The van der Waals surface area contributed by atoms with Gasteiger partial charge >= 0.3 is 0 Å². The summed E-state index contributed by atoms with van der Waals surface area (Å²) < 4.78 is 27.8. The molecule has 0 unspecified atom stereocenters. The Labute approximate surface area is 100 Å². The third kappa shape index (κ3) is 2.49. The van der Waals surface area contributed by atoms with E-state index in [1.54, 1.807) is 18.2 Å². The molecule has 1 aromatic rings. The summed E-state index contributed by atoms with van der Waals surface area (Å²) in [7, 11) is 0. The molecule has 0 aromatic heterocycles. The van der Waals surface area contributed by atoms with Crippen molar-refractivity contribution >= 4 is 0 Å². The number of nitrogens with one attached hydrogen (secondary N) is 1. The van der Waals surface area contributed by atoms with E-state index in [9.17, 15) is 8.78 Å². The monoisotopic (exact) mass is 237 g/mol. The second kappa shape index (κ2) is 4.05. The molecule has 0 spiro atoms. The minimum Gasteiger partial charge on any atom is -0.310 e. The molecule has 92 valence electrons. The second-order valence-corrected chi connectivity index (χ2v) is 5.25. The summed E-state index contributed by atoms with van der Waals surface area (Å²) in [5.41, 5.74) is 1.16. The molecule has 17 heavy (non-hydrogen) atoms. The zero-order valence-corrected chi connectivity index (χ0v) is 9.76. The van der Waals surface area contributed by atoms with Gasteiger partial charge in [-0.15, -0.1) is 0 Å². The Hall–Kier alpha value is -0.960. The highest BCUT2D eigenvalue weighted by Crippen LogP contribution is 2.49. The molecule has 1 aromatic carbocycles. The Morgan fingerprint density at radius 1 is 1.18 bits per heavy atom. The maximum atomic E-state index is 13.9. The van der Waals surface area contributed by atoms with Gasteiger partial charge in [-0.1, -0.05) is 18.2 Å². The molecule has 2 fully saturated rings. The zero-order valence-electron chi connectivity index (χ0n) is 9.76. The fraction of sp³-hybridized carbons (Fsp3) is 0.571. The van der Waals surface area contributed by atoms with E-state index >= 15 is 0 Å². The first-order valence-corrected chi connectivity index (χ1v) is 6.37. The Morgan fingerprint density at radius 3 is 2.59 bits per heavy atom. The highest BCUT2D eigenvalue weighted by atomic mass is 19.3. The van der Waals surface area contributed by atoms with Crippen molar-refractivity contribution in [1.82, 2.24) is 5.32 Å². The van der Waals surface area contributed by atoms with Gasteiger partial charge in [0.25, 0.3) is 5.92 Å². The molecule has 3 rings (SSSR count). The molecule has 0 aliphatic heterocycles. The highest BCUT2D eigenvalue weighted by molar-refractivity contribution is 5.28. The van der Waals surface area contributed by atoms with Crippen molar-refractivity contribution in [3.8, 4) is 0 Å². The van der Waals surface area contributed by atoms with E-state index in [-0.39, 0.29) is 5.56 Å². The molecule has 0 heterocycles. The number of benzene rings is 1. The fourth-order valence-corrected chi connectivity index (χ4v) is 2.12. The van der Waals surface area contributed by atoms with Crippen molar-refractivity contribution < 1.29 is 8.78 Å². The van der Waals surface area contributed by atoms with Crippen molar-refractivity contribution in [2.45, 2.75) is 44.2 Å². The smallest absolute Gasteiger partial charge is 0.276 e. The summed E-state index contributed by atoms with van der Waals surface area (Å²) in [5.74, 6) is -3.05. The van der Waals surface area contributed by atoms with Gasteiger partial charge < -0.3 is 5.32 Å². The number of hydrogen-bond acceptors (Lipinski definition) is 1. The van der Waals surface area contributed by atoms with Gasteiger partial charge in [-0.05, 0) is 37.3 Å². The third-order valence-electron chi connectivity index (χ3n) is 3.57. The molecule has 0 radical (unpaired) electrons. The van der Waals surface area contributed by atoms with Crippen LogP contribution >= 0.6 is 0 Å². The highest BCUT2D eigenvalue weighted by Gasteiger charge is 2.47. The van der Waals surface area contributed by atoms with Gasteiger partial charge in [0.05, 0.1) is 0 Å². The molecule has 3 heteroatoms. The first-order chi connectivity index (χ1) is 8.16. The molecule has 0 bridgehead atoms. The lowest BCUT2D eigenvalue weighted by Crippen LogP contribution is -2.18. The molecular formula is C14H17F2N. The molecule has 2 saturated carbocycles. The van der Waals surface area contributed by atoms with Gasteiger partial charge in [-0.3, -0.25) is 0 Å². The van der Waals surface area contributed by atoms with Crippen molar-refractivity contribution in [2.75, 3.05) is 0 Å². The van der Waals surface area contributed by atoms with Crippen LogP contribution in [0.25, 0.3) is 0 Å². The van der Waals surface area contributed by atoms with Crippen LogP contribution in [0.15, 0.2) is 24.3 Å². The molecule has 1 nitrogen and oxygen atoms in total. The van der Waals surface area contributed by atoms with Crippen LogP contribution in [0.1, 0.15) is 36.8 Å². The van der Waals surface area contributed by atoms with Gasteiger partial charge in [0.2, 0.25) is 0 Å². The van der Waals surface area contributed by atoms with Crippen LogP contribution in [0.3, 0.4) is 0 Å². The number of halogens is 2. The van der Waals surface area contributed by atoms with Crippen molar-refractivity contribution in [3.05, 3.63) is 35.4 Å². The maximum Gasteiger partial charge on any atom is 0.276 e. The molecule has 2 aliphatic rings. The summed E-state index contributed by atoms with van der Waals surface area (Å²) in [6, 6.07) is 7.49. The lowest BCUT2D eigenvalue weighted by Gasteiger charge is -2.17. The van der Waals surface area contributed by atoms with Gasteiger partial charge in [0.1, 0.15) is 0 Å². The first-order valence-electron chi connectivity index (χ1n) is 6.37. The van der Waals surface area contributed by atoms with Gasteiger partial charge in [-0.25, -0.2) is 8.78 Å². The van der Waals surface area contributed by atoms with Crippen LogP contribution in [0.2, 0.25) is 0 Å². The van der Waals surface area contributed by atoms with E-state index in [1.165, 1.54) is 12.8 Å². The van der Waals surface area contributed by atoms with Crippen LogP contribution in [0, 0.1) is 5.92 Å². The molecule has 2 aliphatic carbocycles. The Kier molecular flexibility index (Phi) is 2.66. The van der Waals surface area contributed by atoms with Gasteiger partial charge in [-0.2, -0.15) is 0 Å². The summed E-state index contributed by atoms with van der Waals surface area (Å²) in [6.07, 6.45) is 3.77. The predicted octanol–water partition coefficient (Wildman–Crippen LogP) is 3.44. The van der Waals surface area contributed by atoms with E-state index in [2.05, 4.69) is 5.32 Å². The summed E-state index contributed by atoms with van der Waals surface area (Å²) >= 11 is 0. The normalized spacial score (nSPS) is 20.6. The molecule has 0 atom stereocenters. The van der Waals surface area contributed by atoms with Crippen LogP contribution < -0.4 is 5.32 Å². The Bertz CT molecular complexity index is 408. The number of hydrogen-bond donors (Lipinski definition) is 1. The van der Waals surface area contributed by atoms with E-state index in [1.807, 2.05) is 6.07 Å². The van der Waals surface area contributed by atoms with E-state index in [0.717, 1.165) is 5.56 Å². The van der Waals surface area contributed by atoms with Gasteiger partial charge in [0.15, 0.2) is 0 Å². The zero-order chi connectivity index (χ0) is 11.9. The van der Waals surface area contributed by atoms with E-state index < -0.39 is 11.8 Å². The quantitative estimate of drug-likeness (QED) is 0.827. The van der Waals surface area contributed by atoms with Crippen LogP contribution in [-0.2, 0) is 12.5 Å². The SMILES string of the molecule is FC(F)(c1cccc(CNC2CC2)c1)C1CC1. The lowest BCUT2D eigenvalue weighted by atomic mass is 10.0. The summed E-state index contributed by atoms with van der Waals surface area (Å²) in [5, 5.41) is 3.35. The Morgan fingerprint density at radius 2 is 1.94 bits per heavy atom. The fourth-order valence-electron chi connectivity index (χ4n) is 2.12. The lowest BCUT2D eigenvalue weighted by molar-refractivity contribution is -0.0286. The average Bonchev–Trinajstić information content (AvgIpc) is 3.19. The third-order valence-corrected chi connectivity index (χ3v) is 3.57. The van der Waals surface area contributed by atoms with Crippen LogP contribution in [-0.4, -0.2) is 6.04 Å². The van der Waals surface area contributed by atoms with E-state index in [0.29, 0.717) is 25.4 Å². The van der Waals surface area contributed by atoms with Crippen molar-refractivity contribution in [3.63, 3.8) is 0 Å². The van der Waals surface area contributed by atoms with E-state index in [4.69, 9.17) is 0 Å². The molecule has 1 N–H and O–H groups in total. The maximum absolute atomic E-state index is 13.9. The predicted molar refractivity (Wildman–Crippen MR) is 62.9 cm³/mol. The molecular weight excluding hydrogens is 220 g/mol. The molecule has 0 amide bonds. The first kappa shape index (κ1) is 11.1. The minimum atomic E-state index is -2.63. The second-order valence-electron chi connectivity index (χ2n) is 5.25. The van der Waals surface area contributed by atoms with Crippen LogP contribution in [0.5, 0.6) is 0 Å². The number of rotatable bonds is 5. The summed E-state index contributed by atoms with van der Waals surface area (Å²) in [4.78, 5) is 0. The summed E-state index contributed by atoms with van der Waals surface area (Å²) in [6.45, 7) is 0.708. The number of alkyl halides is 2. The van der Waals surface area contributed by atoms with Crippen molar-refractivity contribution in [1.29, 1.82) is 0 Å². The molecule has 0 saturated heterocycles. The minimum absolute atomic E-state index is 0.190. The van der Waals surface area contributed by atoms with Crippen molar-refractivity contribution in [2.24, 2.45) is 5.92 Å². The van der Waals surface area contributed by atoms with Crippen LogP contribution in [0.4, 0.5) is 8.78 Å². The topological polar surface area (TPSA) is 12.0 Å². The Balaban J connectivity index is 1.72. The standard InChI is InChI=1S/C14H17F2N/c15-14(16,11-4-5-11)12-3-1-2-10(8-12)9-17-13-6-7-13/h1-3,8,11,13,17H,4-7,9H2.